The van der Waals surface area contributed by atoms with E-state index in [4.69, 9.17) is 14.2 Å². The molecule has 3 heterocycles. The summed E-state index contributed by atoms with van der Waals surface area (Å²) in [6.45, 7) is 6.81. The molecular weight excluding hydrogens is 332 g/mol. The van der Waals surface area contributed by atoms with E-state index in [-0.39, 0.29) is 11.4 Å². The summed E-state index contributed by atoms with van der Waals surface area (Å²) >= 11 is 0. The van der Waals surface area contributed by atoms with E-state index >= 15 is 0 Å². The predicted molar refractivity (Wildman–Crippen MR) is 98.8 cm³/mol. The van der Waals surface area contributed by atoms with Crippen LogP contribution in [0.4, 0.5) is 0 Å². The van der Waals surface area contributed by atoms with Crippen molar-refractivity contribution in [2.75, 3.05) is 46.6 Å². The summed E-state index contributed by atoms with van der Waals surface area (Å²) in [7, 11) is 1.65. The molecule has 0 aliphatic carbocycles. The maximum atomic E-state index is 12.8. The van der Waals surface area contributed by atoms with Crippen LogP contribution in [0.2, 0.25) is 0 Å². The van der Waals surface area contributed by atoms with Gasteiger partial charge in [0.25, 0.3) is 0 Å². The SMILES string of the molecule is COCCOc1ccc2[nH]cc(C(=O)OCC34CCN(CC3)C4)c2c1C. The quantitative estimate of drug-likeness (QED) is 0.609. The molecule has 0 saturated carbocycles. The van der Waals surface area contributed by atoms with Crippen LogP contribution in [-0.4, -0.2) is 62.4 Å². The van der Waals surface area contributed by atoms with Gasteiger partial charge in [-0.1, -0.05) is 0 Å². The third-order valence-electron chi connectivity index (χ3n) is 5.81. The van der Waals surface area contributed by atoms with Crippen molar-refractivity contribution in [1.82, 2.24) is 9.88 Å². The van der Waals surface area contributed by atoms with Gasteiger partial charge in [0.2, 0.25) is 0 Å². The highest BCUT2D eigenvalue weighted by molar-refractivity contribution is 6.06. The second-order valence-electron chi connectivity index (χ2n) is 7.51. The summed E-state index contributed by atoms with van der Waals surface area (Å²) in [5.41, 5.74) is 2.61. The molecule has 0 atom stereocenters. The van der Waals surface area contributed by atoms with Crippen molar-refractivity contribution >= 4 is 16.9 Å². The highest BCUT2D eigenvalue weighted by atomic mass is 16.5. The van der Waals surface area contributed by atoms with E-state index < -0.39 is 0 Å². The van der Waals surface area contributed by atoms with Crippen molar-refractivity contribution in [2.45, 2.75) is 19.8 Å². The Morgan fingerprint density at radius 3 is 2.77 bits per heavy atom. The second-order valence-corrected chi connectivity index (χ2v) is 7.51. The largest absolute Gasteiger partial charge is 0.491 e. The molecule has 1 aromatic carbocycles. The number of nitrogens with one attached hydrogen (secondary N) is 1. The van der Waals surface area contributed by atoms with Gasteiger partial charge in [-0.15, -0.1) is 0 Å². The van der Waals surface area contributed by atoms with Crippen LogP contribution in [-0.2, 0) is 9.47 Å². The minimum Gasteiger partial charge on any atom is -0.491 e. The molecule has 2 aliphatic rings. The lowest BCUT2D eigenvalue weighted by molar-refractivity contribution is 0.0326. The topological polar surface area (TPSA) is 63.8 Å². The lowest BCUT2D eigenvalue weighted by Crippen LogP contribution is -2.27. The van der Waals surface area contributed by atoms with Crippen LogP contribution in [0.3, 0.4) is 0 Å². The normalized spacial score (nSPS) is 24.3. The number of aryl methyl sites for hydroxylation is 1. The number of fused-ring (bicyclic) bond motifs is 3. The van der Waals surface area contributed by atoms with Gasteiger partial charge < -0.3 is 24.1 Å². The number of benzene rings is 1. The van der Waals surface area contributed by atoms with Gasteiger partial charge in [-0.05, 0) is 45.0 Å². The Labute approximate surface area is 153 Å². The molecule has 26 heavy (non-hydrogen) atoms. The molecule has 2 fully saturated rings. The number of methoxy groups -OCH3 is 1. The molecule has 0 radical (unpaired) electrons. The maximum Gasteiger partial charge on any atom is 0.340 e. The number of carbonyl (C=O) groups excluding carboxylic acids is 1. The highest BCUT2D eigenvalue weighted by Gasteiger charge is 2.44. The van der Waals surface area contributed by atoms with E-state index in [1.807, 2.05) is 19.1 Å². The minimum absolute atomic E-state index is 0.172. The van der Waals surface area contributed by atoms with Crippen LogP contribution in [0.1, 0.15) is 28.8 Å². The number of H-pyrrole nitrogens is 1. The fourth-order valence-electron chi connectivity index (χ4n) is 4.24. The van der Waals surface area contributed by atoms with Gasteiger partial charge in [0.05, 0.1) is 18.8 Å². The first-order chi connectivity index (χ1) is 12.6. The fraction of sp³-hybridized carbons (Fsp3) is 0.550. The summed E-state index contributed by atoms with van der Waals surface area (Å²) in [6.07, 6.45) is 4.00. The Kier molecular flexibility index (Phi) is 4.63. The van der Waals surface area contributed by atoms with E-state index in [1.165, 1.54) is 0 Å². The van der Waals surface area contributed by atoms with Gasteiger partial charge in [0.15, 0.2) is 0 Å². The predicted octanol–water partition coefficient (Wildman–Crippen LogP) is 2.75. The van der Waals surface area contributed by atoms with Gasteiger partial charge in [0, 0.05) is 41.7 Å². The summed E-state index contributed by atoms with van der Waals surface area (Å²) in [4.78, 5) is 18.4. The number of piperidine rings is 1. The number of hydrogen-bond acceptors (Lipinski definition) is 5. The molecule has 140 valence electrons. The van der Waals surface area contributed by atoms with Gasteiger partial charge in [-0.3, -0.25) is 0 Å². The first-order valence-corrected chi connectivity index (χ1v) is 9.24. The zero-order valence-corrected chi connectivity index (χ0v) is 15.5. The van der Waals surface area contributed by atoms with Crippen LogP contribution < -0.4 is 4.74 Å². The molecule has 4 rings (SSSR count). The summed E-state index contributed by atoms with van der Waals surface area (Å²) in [5.74, 6) is 0.511. The third-order valence-corrected chi connectivity index (χ3v) is 5.81. The molecule has 6 heteroatoms. The number of ether oxygens (including phenoxy) is 3. The molecule has 0 spiro atoms. The highest BCUT2D eigenvalue weighted by Crippen LogP contribution is 2.40. The van der Waals surface area contributed by atoms with Crippen molar-refractivity contribution < 1.29 is 19.0 Å². The number of aromatic amines is 1. The summed E-state index contributed by atoms with van der Waals surface area (Å²) in [5, 5.41) is 0.877. The fourth-order valence-corrected chi connectivity index (χ4v) is 4.24. The Morgan fingerprint density at radius 1 is 1.27 bits per heavy atom. The molecule has 2 aromatic rings. The van der Waals surface area contributed by atoms with E-state index in [9.17, 15) is 4.79 Å². The average molecular weight is 358 g/mol. The first-order valence-electron chi connectivity index (χ1n) is 9.24. The zero-order chi connectivity index (χ0) is 18.1. The molecule has 0 amide bonds. The first kappa shape index (κ1) is 17.4. The van der Waals surface area contributed by atoms with Crippen LogP contribution in [0.5, 0.6) is 5.75 Å². The van der Waals surface area contributed by atoms with Gasteiger partial charge in [-0.2, -0.15) is 0 Å². The monoisotopic (exact) mass is 358 g/mol. The van der Waals surface area contributed by atoms with Crippen LogP contribution in [0, 0.1) is 12.3 Å². The molecule has 2 aliphatic heterocycles. The molecule has 6 nitrogen and oxygen atoms in total. The third kappa shape index (κ3) is 3.08. The van der Waals surface area contributed by atoms with Gasteiger partial charge in [0.1, 0.15) is 12.4 Å². The number of nitrogens with zero attached hydrogens (tertiary/aromatic N) is 1. The van der Waals surface area contributed by atoms with E-state index in [2.05, 4.69) is 9.88 Å². The molecular formula is C20H26N2O4. The molecule has 1 aromatic heterocycles. The van der Waals surface area contributed by atoms with Crippen LogP contribution in [0.15, 0.2) is 18.3 Å². The molecule has 1 N–H and O–H groups in total. The molecule has 2 bridgehead atoms. The zero-order valence-electron chi connectivity index (χ0n) is 15.5. The smallest absolute Gasteiger partial charge is 0.340 e. The van der Waals surface area contributed by atoms with Crippen molar-refractivity contribution in [3.8, 4) is 5.75 Å². The van der Waals surface area contributed by atoms with E-state index in [1.54, 1.807) is 13.3 Å². The van der Waals surface area contributed by atoms with Crippen LogP contribution in [0.25, 0.3) is 10.9 Å². The van der Waals surface area contributed by atoms with Crippen molar-refractivity contribution in [2.24, 2.45) is 5.41 Å². The number of carbonyl (C=O) groups is 1. The van der Waals surface area contributed by atoms with E-state index in [0.29, 0.717) is 25.4 Å². The lowest BCUT2D eigenvalue weighted by Gasteiger charge is -2.24. The van der Waals surface area contributed by atoms with Crippen molar-refractivity contribution in [3.63, 3.8) is 0 Å². The molecule has 0 unspecified atom stereocenters. The minimum atomic E-state index is -0.256. The number of hydrogen-bond donors (Lipinski definition) is 1. The Morgan fingerprint density at radius 2 is 2.08 bits per heavy atom. The Balaban J connectivity index is 1.51. The van der Waals surface area contributed by atoms with Crippen molar-refractivity contribution in [1.29, 1.82) is 0 Å². The Hall–Kier alpha value is -2.05. The second kappa shape index (κ2) is 6.93. The molecule has 2 saturated heterocycles. The Bertz CT molecular complexity index is 805. The van der Waals surface area contributed by atoms with E-state index in [0.717, 1.165) is 54.7 Å². The summed E-state index contributed by atoms with van der Waals surface area (Å²) < 4.78 is 16.6. The average Bonchev–Trinajstić information content (AvgIpc) is 3.36. The van der Waals surface area contributed by atoms with Crippen molar-refractivity contribution in [3.05, 3.63) is 29.5 Å². The lowest BCUT2D eigenvalue weighted by atomic mass is 9.86. The van der Waals surface area contributed by atoms with Gasteiger partial charge in [-0.25, -0.2) is 4.79 Å². The van der Waals surface area contributed by atoms with Crippen LogP contribution >= 0.6 is 0 Å². The summed E-state index contributed by atoms with van der Waals surface area (Å²) in [6, 6.07) is 3.86. The number of aromatic nitrogens is 1. The number of esters is 1. The number of rotatable bonds is 7. The van der Waals surface area contributed by atoms with Gasteiger partial charge >= 0.3 is 5.97 Å². The standard InChI is InChI=1S/C20H26N2O4/c1-14-17(25-10-9-24-2)4-3-16-18(14)15(11-21-16)19(23)26-13-20-5-7-22(12-20)8-6-20/h3-4,11,21H,5-10,12-13H2,1-2H3. The maximum absolute atomic E-state index is 12.8.